The Kier molecular flexibility index (Phi) is 4.60. The summed E-state index contributed by atoms with van der Waals surface area (Å²) in [5.74, 6) is 2.43. The minimum absolute atomic E-state index is 0.0576. The minimum atomic E-state index is -0.0576. The lowest BCUT2D eigenvalue weighted by atomic mass is 9.64. The summed E-state index contributed by atoms with van der Waals surface area (Å²) >= 11 is 0. The number of amides is 2. The van der Waals surface area contributed by atoms with Gasteiger partial charge in [-0.2, -0.15) is 4.98 Å². The Hall–Kier alpha value is -1.59. The number of aromatic nitrogens is 2. The molecule has 0 saturated heterocycles. The van der Waals surface area contributed by atoms with Crippen LogP contribution in [0.4, 0.5) is 4.79 Å². The normalized spacial score (nSPS) is 19.5. The first kappa shape index (κ1) is 16.3. The van der Waals surface area contributed by atoms with E-state index in [4.69, 9.17) is 4.52 Å². The number of hydrogen-bond acceptors (Lipinski definition) is 4. The van der Waals surface area contributed by atoms with Crippen molar-refractivity contribution in [3.63, 3.8) is 0 Å². The Balaban J connectivity index is 1.46. The largest absolute Gasteiger partial charge is 0.339 e. The van der Waals surface area contributed by atoms with Crippen molar-refractivity contribution < 1.29 is 9.32 Å². The maximum atomic E-state index is 12.3. The lowest BCUT2D eigenvalue weighted by molar-refractivity contribution is 0.0977. The van der Waals surface area contributed by atoms with Crippen LogP contribution in [0.1, 0.15) is 70.0 Å². The molecule has 6 heteroatoms. The molecule has 2 fully saturated rings. The highest BCUT2D eigenvalue weighted by Gasteiger charge is 2.37. The molecule has 2 saturated carbocycles. The van der Waals surface area contributed by atoms with Gasteiger partial charge in [0.2, 0.25) is 5.89 Å². The molecule has 0 unspecified atom stereocenters. The molecule has 0 atom stereocenters. The smallest absolute Gasteiger partial charge is 0.317 e. The van der Waals surface area contributed by atoms with Crippen molar-refractivity contribution in [1.29, 1.82) is 0 Å². The van der Waals surface area contributed by atoms with Crippen LogP contribution in [0.3, 0.4) is 0 Å². The van der Waals surface area contributed by atoms with Crippen LogP contribution in [0.5, 0.6) is 0 Å². The van der Waals surface area contributed by atoms with Crippen molar-refractivity contribution >= 4 is 6.03 Å². The zero-order valence-electron chi connectivity index (χ0n) is 14.5. The van der Waals surface area contributed by atoms with E-state index in [1.165, 1.54) is 25.7 Å². The monoisotopic (exact) mass is 320 g/mol. The summed E-state index contributed by atoms with van der Waals surface area (Å²) in [5, 5.41) is 7.06. The van der Waals surface area contributed by atoms with E-state index in [1.807, 2.05) is 0 Å². The first-order chi connectivity index (χ1) is 11.0. The molecule has 2 amide bonds. The van der Waals surface area contributed by atoms with Crippen LogP contribution in [0.2, 0.25) is 0 Å². The van der Waals surface area contributed by atoms with Crippen molar-refractivity contribution in [1.82, 2.24) is 20.4 Å². The molecule has 0 bridgehead atoms. The highest BCUT2D eigenvalue weighted by molar-refractivity contribution is 5.73. The van der Waals surface area contributed by atoms with E-state index in [2.05, 4.69) is 29.3 Å². The fourth-order valence-corrected chi connectivity index (χ4v) is 3.51. The highest BCUT2D eigenvalue weighted by atomic mass is 16.5. The molecule has 1 heterocycles. The van der Waals surface area contributed by atoms with Gasteiger partial charge in [-0.15, -0.1) is 0 Å². The molecule has 23 heavy (non-hydrogen) atoms. The summed E-state index contributed by atoms with van der Waals surface area (Å²) < 4.78 is 5.23. The first-order valence-corrected chi connectivity index (χ1v) is 8.79. The predicted octanol–water partition coefficient (Wildman–Crippen LogP) is 3.30. The molecule has 0 radical (unpaired) electrons. The average Bonchev–Trinajstić information content (AvgIpc) is 3.21. The van der Waals surface area contributed by atoms with E-state index in [1.54, 1.807) is 11.9 Å². The van der Waals surface area contributed by atoms with E-state index in [0.717, 1.165) is 25.3 Å². The van der Waals surface area contributed by atoms with Gasteiger partial charge in [0.25, 0.3) is 0 Å². The van der Waals surface area contributed by atoms with Gasteiger partial charge in [0.1, 0.15) is 0 Å². The maximum absolute atomic E-state index is 12.3. The number of hydrogen-bond donors (Lipinski definition) is 1. The predicted molar refractivity (Wildman–Crippen MR) is 86.9 cm³/mol. The molecule has 2 aliphatic rings. The van der Waals surface area contributed by atoms with Crippen molar-refractivity contribution in [2.45, 2.75) is 64.8 Å². The van der Waals surface area contributed by atoms with Gasteiger partial charge in [0.05, 0.1) is 6.54 Å². The fourth-order valence-electron chi connectivity index (χ4n) is 3.51. The SMILES string of the molecule is CC(C)CC1(CNC(=O)N(C)Cc2noc(C3CC3)n2)CCC1. The Labute approximate surface area is 138 Å². The minimum Gasteiger partial charge on any atom is -0.339 e. The van der Waals surface area contributed by atoms with Gasteiger partial charge in [-0.1, -0.05) is 25.4 Å². The second-order valence-electron chi connectivity index (χ2n) is 7.79. The number of nitrogens with one attached hydrogen (secondary N) is 1. The third kappa shape index (κ3) is 4.03. The molecule has 1 aromatic heterocycles. The summed E-state index contributed by atoms with van der Waals surface area (Å²) in [6.45, 7) is 5.66. The standard InChI is InChI=1S/C17H28N4O2/c1-12(2)9-17(7-4-8-17)11-18-16(22)21(3)10-14-19-15(23-20-14)13-5-6-13/h12-13H,4-11H2,1-3H3,(H,18,22). The summed E-state index contributed by atoms with van der Waals surface area (Å²) in [6, 6.07) is -0.0576. The van der Waals surface area contributed by atoms with Gasteiger partial charge in [-0.25, -0.2) is 4.79 Å². The Bertz CT molecular complexity index is 547. The molecule has 2 aliphatic carbocycles. The van der Waals surface area contributed by atoms with Gasteiger partial charge < -0.3 is 14.7 Å². The van der Waals surface area contributed by atoms with Gasteiger partial charge in [0.15, 0.2) is 5.82 Å². The van der Waals surface area contributed by atoms with Gasteiger partial charge >= 0.3 is 6.03 Å². The fraction of sp³-hybridized carbons (Fsp3) is 0.824. The van der Waals surface area contributed by atoms with Crippen molar-refractivity contribution in [2.75, 3.05) is 13.6 Å². The van der Waals surface area contributed by atoms with Crippen molar-refractivity contribution in [3.8, 4) is 0 Å². The molecule has 0 aromatic carbocycles. The number of nitrogens with zero attached hydrogens (tertiary/aromatic N) is 3. The number of carbonyl (C=O) groups excluding carboxylic acids is 1. The molecule has 1 aromatic rings. The molecular formula is C17H28N4O2. The summed E-state index contributed by atoms with van der Waals surface area (Å²) in [5.41, 5.74) is 0.315. The van der Waals surface area contributed by atoms with Gasteiger partial charge in [0, 0.05) is 19.5 Å². The van der Waals surface area contributed by atoms with E-state index in [9.17, 15) is 4.79 Å². The van der Waals surface area contributed by atoms with Crippen LogP contribution < -0.4 is 5.32 Å². The lowest BCUT2D eigenvalue weighted by Gasteiger charge is -2.43. The lowest BCUT2D eigenvalue weighted by Crippen LogP contribution is -2.46. The Morgan fingerprint density at radius 2 is 2.17 bits per heavy atom. The van der Waals surface area contributed by atoms with E-state index in [-0.39, 0.29) is 6.03 Å². The number of rotatable bonds is 7. The van der Waals surface area contributed by atoms with Gasteiger partial charge in [-0.3, -0.25) is 0 Å². The van der Waals surface area contributed by atoms with Crippen LogP contribution in [-0.4, -0.2) is 34.7 Å². The quantitative estimate of drug-likeness (QED) is 0.836. The van der Waals surface area contributed by atoms with Crippen molar-refractivity contribution in [2.24, 2.45) is 11.3 Å². The summed E-state index contributed by atoms with van der Waals surface area (Å²) in [4.78, 5) is 18.3. The molecular weight excluding hydrogens is 292 g/mol. The maximum Gasteiger partial charge on any atom is 0.317 e. The van der Waals surface area contributed by atoms with Crippen LogP contribution in [0.25, 0.3) is 0 Å². The third-order valence-corrected chi connectivity index (χ3v) is 5.01. The van der Waals surface area contributed by atoms with Crippen LogP contribution in [0, 0.1) is 11.3 Å². The highest BCUT2D eigenvalue weighted by Crippen LogP contribution is 2.45. The van der Waals surface area contributed by atoms with Crippen LogP contribution in [0.15, 0.2) is 4.52 Å². The number of carbonyl (C=O) groups is 1. The van der Waals surface area contributed by atoms with Gasteiger partial charge in [-0.05, 0) is 43.4 Å². The molecule has 0 spiro atoms. The molecule has 3 rings (SSSR count). The van der Waals surface area contributed by atoms with E-state index < -0.39 is 0 Å². The topological polar surface area (TPSA) is 71.3 Å². The second-order valence-corrected chi connectivity index (χ2v) is 7.79. The number of urea groups is 1. The summed E-state index contributed by atoms with van der Waals surface area (Å²) in [7, 11) is 1.78. The molecule has 128 valence electrons. The van der Waals surface area contributed by atoms with Crippen LogP contribution >= 0.6 is 0 Å². The zero-order valence-corrected chi connectivity index (χ0v) is 14.5. The third-order valence-electron chi connectivity index (χ3n) is 5.01. The zero-order chi connectivity index (χ0) is 16.4. The second kappa shape index (κ2) is 6.49. The van der Waals surface area contributed by atoms with Crippen LogP contribution in [-0.2, 0) is 6.54 Å². The van der Waals surface area contributed by atoms with E-state index >= 15 is 0 Å². The molecule has 0 aliphatic heterocycles. The average molecular weight is 320 g/mol. The molecule has 1 N–H and O–H groups in total. The summed E-state index contributed by atoms with van der Waals surface area (Å²) in [6.07, 6.45) is 7.19. The van der Waals surface area contributed by atoms with E-state index in [0.29, 0.717) is 29.6 Å². The van der Waals surface area contributed by atoms with Crippen molar-refractivity contribution in [3.05, 3.63) is 11.7 Å². The molecule has 6 nitrogen and oxygen atoms in total. The first-order valence-electron chi connectivity index (χ1n) is 8.79. The Morgan fingerprint density at radius 1 is 1.43 bits per heavy atom. The Morgan fingerprint density at radius 3 is 2.74 bits per heavy atom.